The molecule has 1 heterocycles. The second-order valence-corrected chi connectivity index (χ2v) is 4.23. The predicted octanol–water partition coefficient (Wildman–Crippen LogP) is 2.38. The van der Waals surface area contributed by atoms with Crippen molar-refractivity contribution in [1.29, 1.82) is 0 Å². The monoisotopic (exact) mass is 237 g/mol. The van der Waals surface area contributed by atoms with Crippen LogP contribution < -0.4 is 0 Å². The molecule has 16 heavy (non-hydrogen) atoms. The van der Waals surface area contributed by atoms with Crippen LogP contribution in [0.15, 0.2) is 24.3 Å². The van der Waals surface area contributed by atoms with E-state index in [1.165, 1.54) is 4.90 Å². The Morgan fingerprint density at radius 3 is 2.38 bits per heavy atom. The molecule has 2 amide bonds. The molecule has 1 aliphatic heterocycles. The van der Waals surface area contributed by atoms with Crippen LogP contribution in [0.4, 0.5) is 0 Å². The summed E-state index contributed by atoms with van der Waals surface area (Å²) in [5, 5.41) is 0.591. The lowest BCUT2D eigenvalue weighted by molar-refractivity contribution is -0.148. The summed E-state index contributed by atoms with van der Waals surface area (Å²) in [6, 6.07) is 7.26. The number of halogens is 1. The highest BCUT2D eigenvalue weighted by molar-refractivity contribution is 6.31. The Labute approximate surface area is 99.0 Å². The molecular formula is C12H12ClNO2. The summed E-state index contributed by atoms with van der Waals surface area (Å²) in [5.74, 6) is -0.202. The van der Waals surface area contributed by atoms with Crippen molar-refractivity contribution in [3.63, 3.8) is 0 Å². The van der Waals surface area contributed by atoms with E-state index in [-0.39, 0.29) is 18.4 Å². The van der Waals surface area contributed by atoms with E-state index in [1.807, 2.05) is 18.2 Å². The molecule has 1 aromatic carbocycles. The van der Waals surface area contributed by atoms with Gasteiger partial charge in [0, 0.05) is 17.9 Å². The molecule has 0 spiro atoms. The van der Waals surface area contributed by atoms with Gasteiger partial charge in [0.25, 0.3) is 0 Å². The molecule has 0 radical (unpaired) electrons. The van der Waals surface area contributed by atoms with Crippen molar-refractivity contribution < 1.29 is 9.59 Å². The lowest BCUT2D eigenvalue weighted by Crippen LogP contribution is -2.39. The lowest BCUT2D eigenvalue weighted by Gasteiger charge is -2.25. The van der Waals surface area contributed by atoms with E-state index in [0.717, 1.165) is 5.56 Å². The summed E-state index contributed by atoms with van der Waals surface area (Å²) in [5.41, 5.74) is 0.813. The summed E-state index contributed by atoms with van der Waals surface area (Å²) in [6.07, 6.45) is 1.57. The molecule has 3 nitrogen and oxygen atoms in total. The van der Waals surface area contributed by atoms with Gasteiger partial charge in [0.05, 0.1) is 6.54 Å². The zero-order chi connectivity index (χ0) is 11.5. The van der Waals surface area contributed by atoms with E-state index in [9.17, 15) is 9.59 Å². The van der Waals surface area contributed by atoms with Crippen molar-refractivity contribution >= 4 is 23.4 Å². The zero-order valence-electron chi connectivity index (χ0n) is 8.78. The van der Waals surface area contributed by atoms with E-state index < -0.39 is 0 Å². The summed E-state index contributed by atoms with van der Waals surface area (Å²) in [7, 11) is 0. The van der Waals surface area contributed by atoms with Gasteiger partial charge >= 0.3 is 0 Å². The average molecular weight is 238 g/mol. The number of benzene rings is 1. The van der Waals surface area contributed by atoms with E-state index in [1.54, 1.807) is 6.07 Å². The van der Waals surface area contributed by atoms with Gasteiger partial charge in [0.1, 0.15) is 0 Å². The van der Waals surface area contributed by atoms with Gasteiger partial charge in [-0.25, -0.2) is 0 Å². The van der Waals surface area contributed by atoms with Crippen LogP contribution in [0.1, 0.15) is 24.8 Å². The topological polar surface area (TPSA) is 37.4 Å². The van der Waals surface area contributed by atoms with Crippen LogP contribution in [-0.2, 0) is 16.1 Å². The maximum atomic E-state index is 11.6. The molecule has 4 heteroatoms. The van der Waals surface area contributed by atoms with Crippen LogP contribution in [0.2, 0.25) is 5.02 Å². The first-order valence-electron chi connectivity index (χ1n) is 5.25. The van der Waals surface area contributed by atoms with Crippen molar-refractivity contribution in [2.45, 2.75) is 25.8 Å². The molecular weight excluding hydrogens is 226 g/mol. The largest absolute Gasteiger partial charge is 0.278 e. The maximum absolute atomic E-state index is 11.6. The molecule has 2 rings (SSSR count). The van der Waals surface area contributed by atoms with E-state index in [4.69, 9.17) is 11.6 Å². The maximum Gasteiger partial charge on any atom is 0.229 e. The van der Waals surface area contributed by atoms with E-state index in [0.29, 0.717) is 24.3 Å². The van der Waals surface area contributed by atoms with Gasteiger partial charge < -0.3 is 0 Å². The summed E-state index contributed by atoms with van der Waals surface area (Å²) >= 11 is 5.99. The summed E-state index contributed by atoms with van der Waals surface area (Å²) in [6.45, 7) is 0.289. The third kappa shape index (κ3) is 2.25. The molecule has 0 aromatic heterocycles. The molecule has 1 saturated heterocycles. The number of carbonyl (C=O) groups is 2. The second kappa shape index (κ2) is 4.66. The van der Waals surface area contributed by atoms with Crippen molar-refractivity contribution in [2.75, 3.05) is 0 Å². The number of likely N-dealkylation sites (tertiary alicyclic amines) is 1. The van der Waals surface area contributed by atoms with Gasteiger partial charge in [-0.2, -0.15) is 0 Å². The van der Waals surface area contributed by atoms with Crippen LogP contribution in [0.25, 0.3) is 0 Å². The highest BCUT2D eigenvalue weighted by atomic mass is 35.5. The van der Waals surface area contributed by atoms with Crippen LogP contribution in [0.3, 0.4) is 0 Å². The number of rotatable bonds is 2. The number of hydrogen-bond acceptors (Lipinski definition) is 2. The Hall–Kier alpha value is -1.35. The first-order chi connectivity index (χ1) is 7.68. The highest BCUT2D eigenvalue weighted by Gasteiger charge is 2.26. The number of carbonyl (C=O) groups excluding carboxylic acids is 2. The fraction of sp³-hybridized carbons (Fsp3) is 0.333. The van der Waals surface area contributed by atoms with Crippen LogP contribution in [0.5, 0.6) is 0 Å². The molecule has 0 atom stereocenters. The quantitative estimate of drug-likeness (QED) is 0.741. The Kier molecular flexibility index (Phi) is 3.25. The van der Waals surface area contributed by atoms with Crippen molar-refractivity contribution in [1.82, 2.24) is 4.90 Å². The second-order valence-electron chi connectivity index (χ2n) is 3.82. The standard InChI is InChI=1S/C12H12ClNO2/c13-10-5-2-1-4-9(10)8-14-11(15)6-3-7-12(14)16/h1-2,4-5H,3,6-8H2. The Morgan fingerprint density at radius 2 is 1.75 bits per heavy atom. The molecule has 1 fully saturated rings. The fourth-order valence-corrected chi connectivity index (χ4v) is 1.97. The summed E-state index contributed by atoms with van der Waals surface area (Å²) < 4.78 is 0. The molecule has 0 aliphatic carbocycles. The minimum absolute atomic E-state index is 0.101. The van der Waals surface area contributed by atoms with E-state index in [2.05, 4.69) is 0 Å². The van der Waals surface area contributed by atoms with Gasteiger partial charge in [-0.1, -0.05) is 29.8 Å². The first kappa shape index (κ1) is 11.1. The molecule has 0 N–H and O–H groups in total. The van der Waals surface area contributed by atoms with Gasteiger partial charge in [-0.15, -0.1) is 0 Å². The molecule has 0 unspecified atom stereocenters. The van der Waals surface area contributed by atoms with Gasteiger partial charge in [0.2, 0.25) is 11.8 Å². The first-order valence-corrected chi connectivity index (χ1v) is 5.63. The van der Waals surface area contributed by atoms with Gasteiger partial charge in [-0.05, 0) is 18.1 Å². The Bertz CT molecular complexity index is 415. The van der Waals surface area contributed by atoms with Crippen LogP contribution in [-0.4, -0.2) is 16.7 Å². The highest BCUT2D eigenvalue weighted by Crippen LogP contribution is 2.20. The molecule has 0 bridgehead atoms. The number of hydrogen-bond donors (Lipinski definition) is 0. The fourth-order valence-electron chi connectivity index (χ4n) is 1.77. The molecule has 84 valence electrons. The number of amides is 2. The zero-order valence-corrected chi connectivity index (χ0v) is 9.54. The number of imide groups is 1. The van der Waals surface area contributed by atoms with Crippen molar-refractivity contribution in [3.8, 4) is 0 Å². The van der Waals surface area contributed by atoms with Crippen LogP contribution in [0, 0.1) is 0 Å². The van der Waals surface area contributed by atoms with Gasteiger partial charge in [-0.3, -0.25) is 14.5 Å². The van der Waals surface area contributed by atoms with Crippen LogP contribution >= 0.6 is 11.6 Å². The molecule has 1 aliphatic rings. The minimum Gasteiger partial charge on any atom is -0.278 e. The third-order valence-electron chi connectivity index (χ3n) is 2.67. The number of piperidine rings is 1. The smallest absolute Gasteiger partial charge is 0.229 e. The normalized spacial score (nSPS) is 16.7. The molecule has 1 aromatic rings. The van der Waals surface area contributed by atoms with Crippen molar-refractivity contribution in [2.24, 2.45) is 0 Å². The number of nitrogens with zero attached hydrogens (tertiary/aromatic N) is 1. The van der Waals surface area contributed by atoms with Crippen molar-refractivity contribution in [3.05, 3.63) is 34.9 Å². The predicted molar refractivity (Wildman–Crippen MR) is 60.9 cm³/mol. The Balaban J connectivity index is 2.17. The van der Waals surface area contributed by atoms with E-state index >= 15 is 0 Å². The Morgan fingerprint density at radius 1 is 1.12 bits per heavy atom. The minimum atomic E-state index is -0.101. The third-order valence-corrected chi connectivity index (χ3v) is 3.04. The lowest BCUT2D eigenvalue weighted by atomic mass is 10.1. The molecule has 0 saturated carbocycles. The SMILES string of the molecule is O=C1CCCC(=O)N1Cc1ccccc1Cl. The summed E-state index contributed by atoms with van der Waals surface area (Å²) in [4.78, 5) is 24.5. The average Bonchev–Trinajstić information content (AvgIpc) is 2.26. The van der Waals surface area contributed by atoms with Gasteiger partial charge in [0.15, 0.2) is 0 Å².